The van der Waals surface area contributed by atoms with Crippen molar-refractivity contribution in [3.8, 4) is 0 Å². The summed E-state index contributed by atoms with van der Waals surface area (Å²) in [6.07, 6.45) is 5.64. The van der Waals surface area contributed by atoms with Gasteiger partial charge in [0, 0.05) is 36.5 Å². The summed E-state index contributed by atoms with van der Waals surface area (Å²) in [5.41, 5.74) is 0.225. The number of hydroxylamine groups is 2. The Kier molecular flexibility index (Phi) is 4.69. The van der Waals surface area contributed by atoms with Crippen LogP contribution in [-0.2, 0) is 9.63 Å². The lowest BCUT2D eigenvalue weighted by Gasteiger charge is -2.35. The van der Waals surface area contributed by atoms with Gasteiger partial charge in [0.15, 0.2) is 0 Å². The molecule has 2 saturated heterocycles. The van der Waals surface area contributed by atoms with Crippen LogP contribution in [0.3, 0.4) is 0 Å². The van der Waals surface area contributed by atoms with E-state index in [2.05, 4.69) is 0 Å². The molecule has 0 unspecified atom stereocenters. The molecular weight excluding hydrogens is 335 g/mol. The zero-order valence-electron chi connectivity index (χ0n) is 15.0. The molecular formula is C20H25FN2O3. The molecule has 0 bridgehead atoms. The summed E-state index contributed by atoms with van der Waals surface area (Å²) in [4.78, 5) is 33.1. The van der Waals surface area contributed by atoms with Crippen LogP contribution in [0.2, 0.25) is 0 Å². The second-order valence-electron chi connectivity index (χ2n) is 7.77. The molecule has 5 nitrogen and oxygen atoms in total. The normalized spacial score (nSPS) is 28.7. The van der Waals surface area contributed by atoms with Gasteiger partial charge >= 0.3 is 0 Å². The van der Waals surface area contributed by atoms with E-state index in [0.29, 0.717) is 31.8 Å². The van der Waals surface area contributed by atoms with Crippen LogP contribution in [0.4, 0.5) is 4.39 Å². The third-order valence-corrected chi connectivity index (χ3v) is 6.20. The van der Waals surface area contributed by atoms with E-state index in [1.165, 1.54) is 12.1 Å². The number of carbonyl (C=O) groups excluding carboxylic acids is 2. The van der Waals surface area contributed by atoms with E-state index in [-0.39, 0.29) is 23.1 Å². The molecule has 2 heterocycles. The summed E-state index contributed by atoms with van der Waals surface area (Å²) in [6.45, 7) is 2.47. The average molecular weight is 360 g/mol. The second-order valence-corrected chi connectivity index (χ2v) is 7.77. The summed E-state index contributed by atoms with van der Waals surface area (Å²) in [5, 5.41) is 1.55. The number of benzene rings is 1. The zero-order valence-corrected chi connectivity index (χ0v) is 15.0. The van der Waals surface area contributed by atoms with Crippen molar-refractivity contribution in [2.45, 2.75) is 38.5 Å². The Hall–Kier alpha value is -1.95. The monoisotopic (exact) mass is 360 g/mol. The molecule has 2 aliphatic heterocycles. The van der Waals surface area contributed by atoms with Gasteiger partial charge in [0.2, 0.25) is 5.91 Å². The Bertz CT molecular complexity index is 704. The molecule has 3 fully saturated rings. The highest BCUT2D eigenvalue weighted by Gasteiger charge is 2.52. The van der Waals surface area contributed by atoms with Crippen molar-refractivity contribution in [2.24, 2.45) is 11.3 Å². The van der Waals surface area contributed by atoms with Crippen molar-refractivity contribution in [3.63, 3.8) is 0 Å². The number of halogens is 1. The lowest BCUT2D eigenvalue weighted by molar-refractivity contribution is -0.204. The summed E-state index contributed by atoms with van der Waals surface area (Å²) < 4.78 is 13.4. The number of amides is 2. The number of hydrogen-bond acceptors (Lipinski definition) is 3. The van der Waals surface area contributed by atoms with E-state index in [0.717, 1.165) is 38.5 Å². The molecule has 26 heavy (non-hydrogen) atoms. The third-order valence-electron chi connectivity index (χ3n) is 6.20. The van der Waals surface area contributed by atoms with Crippen molar-refractivity contribution in [1.29, 1.82) is 0 Å². The molecule has 4 rings (SSSR count). The van der Waals surface area contributed by atoms with E-state index in [9.17, 15) is 14.0 Å². The molecule has 2 amide bonds. The maximum atomic E-state index is 13.4. The molecule has 0 N–H and O–H groups in total. The first-order chi connectivity index (χ1) is 12.6. The van der Waals surface area contributed by atoms with Crippen molar-refractivity contribution in [1.82, 2.24) is 9.96 Å². The van der Waals surface area contributed by atoms with Gasteiger partial charge in [-0.3, -0.25) is 14.4 Å². The molecule has 1 spiro atoms. The quantitative estimate of drug-likeness (QED) is 0.815. The smallest absolute Gasteiger partial charge is 0.253 e. The average Bonchev–Trinajstić information content (AvgIpc) is 3.28. The van der Waals surface area contributed by atoms with Gasteiger partial charge in [-0.05, 0) is 50.3 Å². The molecule has 1 saturated carbocycles. The van der Waals surface area contributed by atoms with Crippen molar-refractivity contribution >= 4 is 11.8 Å². The van der Waals surface area contributed by atoms with E-state index in [1.807, 2.05) is 0 Å². The fourth-order valence-electron chi connectivity index (χ4n) is 4.83. The Morgan fingerprint density at radius 1 is 1.15 bits per heavy atom. The third kappa shape index (κ3) is 3.11. The molecule has 1 aromatic rings. The molecule has 1 aromatic carbocycles. The van der Waals surface area contributed by atoms with Crippen LogP contribution in [0.15, 0.2) is 24.3 Å². The predicted octanol–water partition coefficient (Wildman–Crippen LogP) is 3.01. The van der Waals surface area contributed by atoms with E-state index >= 15 is 0 Å². The highest BCUT2D eigenvalue weighted by atomic mass is 19.1. The fourth-order valence-corrected chi connectivity index (χ4v) is 4.83. The van der Waals surface area contributed by atoms with Crippen LogP contribution in [0, 0.1) is 17.2 Å². The topological polar surface area (TPSA) is 49.9 Å². The minimum Gasteiger partial charge on any atom is -0.338 e. The molecule has 140 valence electrons. The molecule has 3 aliphatic rings. The van der Waals surface area contributed by atoms with Gasteiger partial charge in [0.1, 0.15) is 5.82 Å². The fraction of sp³-hybridized carbons (Fsp3) is 0.600. The van der Waals surface area contributed by atoms with Crippen LogP contribution in [0.1, 0.15) is 48.9 Å². The van der Waals surface area contributed by atoms with Gasteiger partial charge < -0.3 is 4.90 Å². The minimum atomic E-state index is -0.402. The minimum absolute atomic E-state index is 0.0779. The van der Waals surface area contributed by atoms with Crippen LogP contribution >= 0.6 is 0 Å². The summed E-state index contributed by atoms with van der Waals surface area (Å²) >= 11 is 0. The van der Waals surface area contributed by atoms with Crippen LogP contribution in [0.25, 0.3) is 0 Å². The van der Waals surface area contributed by atoms with Crippen LogP contribution in [0.5, 0.6) is 0 Å². The summed E-state index contributed by atoms with van der Waals surface area (Å²) in [6, 6.07) is 5.83. The Balaban J connectivity index is 1.48. The lowest BCUT2D eigenvalue weighted by atomic mass is 9.76. The lowest BCUT2D eigenvalue weighted by Crippen LogP contribution is -2.45. The highest BCUT2D eigenvalue weighted by Crippen LogP contribution is 2.50. The second kappa shape index (κ2) is 6.99. The molecule has 2 atom stereocenters. The Morgan fingerprint density at radius 3 is 2.81 bits per heavy atom. The van der Waals surface area contributed by atoms with Crippen LogP contribution in [-0.4, -0.2) is 48.0 Å². The van der Waals surface area contributed by atoms with Gasteiger partial charge in [-0.2, -0.15) is 0 Å². The Morgan fingerprint density at radius 2 is 2.04 bits per heavy atom. The van der Waals surface area contributed by atoms with E-state index < -0.39 is 5.82 Å². The van der Waals surface area contributed by atoms with Crippen molar-refractivity contribution in [2.75, 3.05) is 26.2 Å². The van der Waals surface area contributed by atoms with Gasteiger partial charge in [-0.1, -0.05) is 12.5 Å². The number of likely N-dealkylation sites (tertiary alicyclic amines) is 1. The molecule has 0 radical (unpaired) electrons. The van der Waals surface area contributed by atoms with Crippen molar-refractivity contribution in [3.05, 3.63) is 35.6 Å². The summed E-state index contributed by atoms with van der Waals surface area (Å²) in [7, 11) is 0. The highest BCUT2D eigenvalue weighted by molar-refractivity contribution is 5.94. The maximum absolute atomic E-state index is 13.4. The maximum Gasteiger partial charge on any atom is 0.253 e. The SMILES string of the molecule is O=C(c1cccc(F)c1)N1CC[C@]2(CCC[C@@H]2C(=O)N2CCCCO2)C1. The van der Waals surface area contributed by atoms with Gasteiger partial charge in [0.25, 0.3) is 5.91 Å². The molecule has 0 aromatic heterocycles. The first kappa shape index (κ1) is 17.5. The molecule has 6 heteroatoms. The van der Waals surface area contributed by atoms with E-state index in [4.69, 9.17) is 4.84 Å². The first-order valence-corrected chi connectivity index (χ1v) is 9.58. The number of hydrogen-bond donors (Lipinski definition) is 0. The summed E-state index contributed by atoms with van der Waals surface area (Å²) in [5.74, 6) is -0.539. The predicted molar refractivity (Wildman–Crippen MR) is 93.6 cm³/mol. The first-order valence-electron chi connectivity index (χ1n) is 9.58. The van der Waals surface area contributed by atoms with Gasteiger partial charge in [-0.25, -0.2) is 9.45 Å². The van der Waals surface area contributed by atoms with E-state index in [1.54, 1.807) is 22.1 Å². The van der Waals surface area contributed by atoms with Crippen LogP contribution < -0.4 is 0 Å². The number of nitrogens with zero attached hydrogens (tertiary/aromatic N) is 2. The Labute approximate surface area is 153 Å². The van der Waals surface area contributed by atoms with Gasteiger partial charge in [0.05, 0.1) is 6.61 Å². The standard InChI is InChI=1S/C20H25FN2O3/c21-16-6-3-5-15(13-16)18(24)22-11-9-20(14-22)8-4-7-17(20)19(25)23-10-1-2-12-26-23/h3,5-6,13,17H,1-2,4,7-12,14H2/t17-,20-/m1/s1. The van der Waals surface area contributed by atoms with Crippen molar-refractivity contribution < 1.29 is 18.8 Å². The largest absolute Gasteiger partial charge is 0.338 e. The molecule has 1 aliphatic carbocycles. The number of rotatable bonds is 2. The zero-order chi connectivity index (χ0) is 18.1. The van der Waals surface area contributed by atoms with Gasteiger partial charge in [-0.15, -0.1) is 0 Å². The number of carbonyl (C=O) groups is 2.